The molecule has 4 aromatic carbocycles. The highest BCUT2D eigenvalue weighted by Crippen LogP contribution is 2.47. The summed E-state index contributed by atoms with van der Waals surface area (Å²) in [7, 11) is -4.31. The molecule has 0 saturated carbocycles. The molecule has 0 fully saturated rings. The van der Waals surface area contributed by atoms with E-state index in [1.54, 1.807) is 24.3 Å². The van der Waals surface area contributed by atoms with Crippen LogP contribution in [0.2, 0.25) is 0 Å². The highest BCUT2D eigenvalue weighted by Gasteiger charge is 2.39. The minimum atomic E-state index is -3.93. The second kappa shape index (κ2) is 8.28. The molecule has 0 spiro atoms. The first-order valence-corrected chi connectivity index (χ1v) is 13.2. The minimum Gasteiger partial charge on any atom is -0.447 e. The van der Waals surface area contributed by atoms with Gasteiger partial charge in [0.15, 0.2) is 16.4 Å². The molecule has 0 aromatic heterocycles. The van der Waals surface area contributed by atoms with Crippen molar-refractivity contribution < 1.29 is 17.3 Å². The molecule has 0 atom stereocenters. The van der Waals surface area contributed by atoms with E-state index in [4.69, 9.17) is 8.92 Å². The number of aryl methyl sites for hydroxylation is 3. The number of hydrogen-bond donors (Lipinski definition) is 0. The van der Waals surface area contributed by atoms with Crippen molar-refractivity contribution >= 4 is 21.0 Å². The summed E-state index contributed by atoms with van der Waals surface area (Å²) < 4.78 is 37.5. The maximum atomic E-state index is 12.9. The third-order valence-electron chi connectivity index (χ3n) is 5.53. The number of rotatable bonds is 4. The first-order chi connectivity index (χ1) is 15.8. The van der Waals surface area contributed by atoms with Crippen molar-refractivity contribution in [3.63, 3.8) is 0 Å². The molecule has 0 bridgehead atoms. The molecular formula is C27H23O4S2+. The number of benzene rings is 4. The van der Waals surface area contributed by atoms with Gasteiger partial charge in [-0.3, -0.25) is 0 Å². The van der Waals surface area contributed by atoms with Crippen molar-refractivity contribution in [1.29, 1.82) is 0 Å². The van der Waals surface area contributed by atoms with E-state index in [1.807, 2.05) is 69.3 Å². The molecule has 0 amide bonds. The summed E-state index contributed by atoms with van der Waals surface area (Å²) in [5.74, 6) is 2.06. The molecule has 0 saturated heterocycles. The normalized spacial score (nSPS) is 13.1. The Kier molecular flexibility index (Phi) is 5.43. The smallest absolute Gasteiger partial charge is 0.339 e. The summed E-state index contributed by atoms with van der Waals surface area (Å²) in [5, 5.41) is 0. The average Bonchev–Trinajstić information content (AvgIpc) is 2.80. The number of para-hydroxylation sites is 2. The van der Waals surface area contributed by atoms with Gasteiger partial charge in [-0.15, -0.1) is 0 Å². The molecule has 6 heteroatoms. The van der Waals surface area contributed by atoms with Crippen LogP contribution in [0.1, 0.15) is 16.7 Å². The zero-order valence-corrected chi connectivity index (χ0v) is 20.2. The second-order valence-electron chi connectivity index (χ2n) is 8.04. The van der Waals surface area contributed by atoms with Gasteiger partial charge < -0.3 is 8.92 Å². The van der Waals surface area contributed by atoms with E-state index < -0.39 is 10.1 Å². The standard InChI is InChI=1S/C27H23O4S2/c1-18-12-14-22(15-13-18)33(28,29)31-27-19(2)16-21(17-20(27)3)32-25-10-6-4-8-23(25)30-24-9-5-7-11-26(24)32/h4-17H,1-3H3/q+1. The van der Waals surface area contributed by atoms with Crippen LogP contribution in [0, 0.1) is 20.8 Å². The summed E-state index contributed by atoms with van der Waals surface area (Å²) in [6.45, 7) is 5.69. The van der Waals surface area contributed by atoms with Crippen LogP contribution in [-0.4, -0.2) is 8.42 Å². The molecule has 1 aliphatic heterocycles. The Bertz CT molecular complexity index is 1390. The molecule has 0 unspecified atom stereocenters. The summed E-state index contributed by atoms with van der Waals surface area (Å²) in [6.07, 6.45) is 0. The molecule has 0 radical (unpaired) electrons. The lowest BCUT2D eigenvalue weighted by Gasteiger charge is -2.20. The highest BCUT2D eigenvalue weighted by molar-refractivity contribution is 7.97. The Morgan fingerprint density at radius 2 is 1.24 bits per heavy atom. The van der Waals surface area contributed by atoms with E-state index >= 15 is 0 Å². The van der Waals surface area contributed by atoms with Gasteiger partial charge in [0, 0.05) is 12.1 Å². The first-order valence-electron chi connectivity index (χ1n) is 10.6. The Morgan fingerprint density at radius 1 is 0.727 bits per heavy atom. The van der Waals surface area contributed by atoms with Crippen LogP contribution in [0.15, 0.2) is 105 Å². The molecule has 33 heavy (non-hydrogen) atoms. The molecule has 4 aromatic rings. The van der Waals surface area contributed by atoms with E-state index in [9.17, 15) is 8.42 Å². The van der Waals surface area contributed by atoms with Crippen LogP contribution in [0.4, 0.5) is 0 Å². The maximum absolute atomic E-state index is 12.9. The average molecular weight is 476 g/mol. The third-order valence-corrected chi connectivity index (χ3v) is 9.03. The Morgan fingerprint density at radius 3 is 1.79 bits per heavy atom. The van der Waals surface area contributed by atoms with Gasteiger partial charge in [-0.1, -0.05) is 42.0 Å². The summed E-state index contributed by atoms with van der Waals surface area (Å²) in [6, 6.07) is 26.8. The van der Waals surface area contributed by atoms with Gasteiger partial charge in [0.2, 0.25) is 9.79 Å². The first kappa shape index (κ1) is 21.6. The Balaban J connectivity index is 1.57. The zero-order valence-electron chi connectivity index (χ0n) is 18.5. The zero-order chi connectivity index (χ0) is 23.2. The SMILES string of the molecule is Cc1ccc(S(=O)(=O)Oc2c(C)cc([S+]3c4ccccc4Oc4ccccc43)cc2C)cc1. The predicted octanol–water partition coefficient (Wildman–Crippen LogP) is 6.58. The predicted molar refractivity (Wildman–Crippen MR) is 130 cm³/mol. The van der Waals surface area contributed by atoms with Crippen molar-refractivity contribution in [3.05, 3.63) is 102 Å². The molecule has 1 aliphatic rings. The van der Waals surface area contributed by atoms with Crippen molar-refractivity contribution in [2.45, 2.75) is 40.4 Å². The van der Waals surface area contributed by atoms with Gasteiger partial charge >= 0.3 is 10.1 Å². The monoisotopic (exact) mass is 475 g/mol. The molecule has 5 rings (SSSR count). The Labute approximate surface area is 197 Å². The lowest BCUT2D eigenvalue weighted by molar-refractivity contribution is 0.453. The van der Waals surface area contributed by atoms with Crippen molar-refractivity contribution in [2.24, 2.45) is 0 Å². The number of hydrogen-bond acceptors (Lipinski definition) is 4. The van der Waals surface area contributed by atoms with Crippen LogP contribution >= 0.6 is 0 Å². The van der Waals surface area contributed by atoms with Crippen LogP contribution in [0.5, 0.6) is 17.2 Å². The van der Waals surface area contributed by atoms with E-state index in [2.05, 4.69) is 12.1 Å². The van der Waals surface area contributed by atoms with Crippen molar-refractivity contribution in [1.82, 2.24) is 0 Å². The molecular weight excluding hydrogens is 452 g/mol. The molecule has 0 aliphatic carbocycles. The summed E-state index contributed by atoms with van der Waals surface area (Å²) >= 11 is 0. The van der Waals surface area contributed by atoms with Crippen molar-refractivity contribution in [3.8, 4) is 17.2 Å². The summed E-state index contributed by atoms with van der Waals surface area (Å²) in [4.78, 5) is 3.45. The number of ether oxygens (including phenoxy) is 1. The lowest BCUT2D eigenvalue weighted by atomic mass is 10.1. The van der Waals surface area contributed by atoms with E-state index in [0.29, 0.717) is 5.75 Å². The minimum absolute atomic E-state index is 0.144. The molecule has 1 heterocycles. The van der Waals surface area contributed by atoms with E-state index in [1.165, 1.54) is 0 Å². The van der Waals surface area contributed by atoms with Gasteiger partial charge in [0.25, 0.3) is 0 Å². The van der Waals surface area contributed by atoms with Gasteiger partial charge in [-0.25, -0.2) is 0 Å². The van der Waals surface area contributed by atoms with Gasteiger partial charge in [-0.2, -0.15) is 8.42 Å². The largest absolute Gasteiger partial charge is 0.447 e. The topological polar surface area (TPSA) is 52.6 Å². The third kappa shape index (κ3) is 4.01. The van der Waals surface area contributed by atoms with Crippen LogP contribution in [0.3, 0.4) is 0 Å². The van der Waals surface area contributed by atoms with Gasteiger partial charge in [-0.05, 0) is 68.3 Å². The Hall–Kier alpha value is -3.22. The fraction of sp³-hybridized carbons (Fsp3) is 0.111. The fourth-order valence-electron chi connectivity index (χ4n) is 3.92. The van der Waals surface area contributed by atoms with Gasteiger partial charge in [0.1, 0.15) is 21.5 Å². The van der Waals surface area contributed by atoms with Crippen LogP contribution in [0.25, 0.3) is 0 Å². The summed E-state index contributed by atoms with van der Waals surface area (Å²) in [5.41, 5.74) is 2.54. The highest BCUT2D eigenvalue weighted by atomic mass is 32.2. The molecule has 4 nitrogen and oxygen atoms in total. The maximum Gasteiger partial charge on any atom is 0.339 e. The number of fused-ring (bicyclic) bond motifs is 2. The van der Waals surface area contributed by atoms with E-state index in [-0.39, 0.29) is 15.8 Å². The van der Waals surface area contributed by atoms with E-state index in [0.717, 1.165) is 42.9 Å². The second-order valence-corrected chi connectivity index (χ2v) is 11.5. The quantitative estimate of drug-likeness (QED) is 0.218. The van der Waals surface area contributed by atoms with Crippen LogP contribution in [-0.2, 0) is 21.0 Å². The van der Waals surface area contributed by atoms with Crippen LogP contribution < -0.4 is 8.92 Å². The fourth-order valence-corrected chi connectivity index (χ4v) is 7.35. The lowest BCUT2D eigenvalue weighted by Crippen LogP contribution is -2.14. The van der Waals surface area contributed by atoms with Gasteiger partial charge in [0.05, 0.1) is 0 Å². The molecule has 0 N–H and O–H groups in total. The van der Waals surface area contributed by atoms with Crippen molar-refractivity contribution in [2.75, 3.05) is 0 Å². The molecule has 166 valence electrons.